The van der Waals surface area contributed by atoms with Gasteiger partial charge >= 0.3 is 0 Å². The summed E-state index contributed by atoms with van der Waals surface area (Å²) >= 11 is 0. The average molecular weight is 577 g/mol. The molecule has 0 heterocycles. The third-order valence-electron chi connectivity index (χ3n) is 10.00. The minimum absolute atomic E-state index is 0.171. The Balaban J connectivity index is 1.56. The van der Waals surface area contributed by atoms with Crippen LogP contribution < -0.4 is 0 Å². The van der Waals surface area contributed by atoms with E-state index in [1.807, 2.05) is 0 Å². The maximum atomic E-state index is 2.41. The third kappa shape index (κ3) is 3.99. The van der Waals surface area contributed by atoms with Gasteiger partial charge in [0.05, 0.1) is 5.41 Å². The first-order chi connectivity index (χ1) is 22.3. The van der Waals surface area contributed by atoms with Gasteiger partial charge in [-0.1, -0.05) is 170 Å². The molecule has 8 rings (SSSR count). The second-order valence-corrected chi connectivity index (χ2v) is 12.2. The molecule has 0 amide bonds. The van der Waals surface area contributed by atoms with Gasteiger partial charge in [0.15, 0.2) is 0 Å². The van der Waals surface area contributed by atoms with Crippen LogP contribution in [0.2, 0.25) is 0 Å². The first kappa shape index (κ1) is 27.4. The quantitative estimate of drug-likeness (QED) is 0.137. The number of hydrogen-bond donors (Lipinski definition) is 0. The third-order valence-corrected chi connectivity index (χ3v) is 10.00. The van der Waals surface area contributed by atoms with Crippen molar-refractivity contribution in [1.29, 1.82) is 0 Å². The summed E-state index contributed by atoms with van der Waals surface area (Å²) in [5, 5.41) is 0. The molecule has 0 spiro atoms. The Labute approximate surface area is 267 Å². The van der Waals surface area contributed by atoms with Crippen LogP contribution in [0.25, 0.3) is 22.3 Å². The van der Waals surface area contributed by atoms with E-state index >= 15 is 0 Å². The molecule has 0 fully saturated rings. The lowest BCUT2D eigenvalue weighted by molar-refractivity contribution is 0.719. The summed E-state index contributed by atoms with van der Waals surface area (Å²) in [6.45, 7) is 4.29. The zero-order valence-corrected chi connectivity index (χ0v) is 25.8. The van der Waals surface area contributed by atoms with Crippen LogP contribution in [-0.2, 0) is 5.41 Å². The minimum Gasteiger partial charge on any atom is -0.0907 e. The molecule has 6 aromatic carbocycles. The highest BCUT2D eigenvalue weighted by molar-refractivity contribution is 5.86. The Morgan fingerprint density at radius 2 is 0.778 bits per heavy atom. The Morgan fingerprint density at radius 3 is 1.20 bits per heavy atom. The zero-order chi connectivity index (χ0) is 30.4. The van der Waals surface area contributed by atoms with Crippen molar-refractivity contribution in [3.8, 4) is 22.3 Å². The first-order valence-electron chi connectivity index (χ1n) is 16.1. The molecule has 2 aliphatic rings. The van der Waals surface area contributed by atoms with Crippen molar-refractivity contribution < 1.29 is 0 Å². The van der Waals surface area contributed by atoms with E-state index in [4.69, 9.17) is 0 Å². The maximum absolute atomic E-state index is 2.41. The lowest BCUT2D eigenvalue weighted by Crippen LogP contribution is -2.34. The van der Waals surface area contributed by atoms with E-state index in [1.165, 1.54) is 66.8 Å². The summed E-state index contributed by atoms with van der Waals surface area (Å²) < 4.78 is 0. The van der Waals surface area contributed by atoms with Crippen LogP contribution in [0.15, 0.2) is 170 Å². The van der Waals surface area contributed by atoms with Crippen LogP contribution in [0.5, 0.6) is 0 Å². The van der Waals surface area contributed by atoms with Crippen molar-refractivity contribution in [2.24, 2.45) is 0 Å². The standard InChI is InChI=1S/C45H36/c1-3-17-37-33-23-11-13-25-35(33)39-27-15-29-41(43(37)39)45(31-19-7-5-8-20-31,32-21-9-6-10-22-32)42-30-16-28-40-36-26-14-12-24-34(36)38(18-4-2)44(40)42/h3-30,37-38H,1-2H3. The average Bonchev–Trinajstić information content (AvgIpc) is 3.60. The van der Waals surface area contributed by atoms with E-state index in [-0.39, 0.29) is 11.8 Å². The number of benzene rings is 6. The van der Waals surface area contributed by atoms with E-state index in [2.05, 4.69) is 184 Å². The van der Waals surface area contributed by atoms with Crippen LogP contribution in [0, 0.1) is 0 Å². The smallest absolute Gasteiger partial charge is 0.0708 e. The van der Waals surface area contributed by atoms with Crippen molar-refractivity contribution in [2.45, 2.75) is 31.1 Å². The molecule has 0 heteroatoms. The lowest BCUT2D eigenvalue weighted by Gasteiger charge is -2.40. The van der Waals surface area contributed by atoms with Crippen LogP contribution in [0.4, 0.5) is 0 Å². The molecule has 0 radical (unpaired) electrons. The van der Waals surface area contributed by atoms with Crippen molar-refractivity contribution >= 4 is 0 Å². The molecule has 0 saturated carbocycles. The van der Waals surface area contributed by atoms with Gasteiger partial charge in [-0.05, 0) is 80.6 Å². The molecule has 216 valence electrons. The summed E-state index contributed by atoms with van der Waals surface area (Å²) in [6, 6.07) is 54.5. The number of rotatable bonds is 6. The van der Waals surface area contributed by atoms with Gasteiger partial charge < -0.3 is 0 Å². The fraction of sp³-hybridized carbons (Fsp3) is 0.111. The summed E-state index contributed by atoms with van der Waals surface area (Å²) in [5.74, 6) is 0.342. The van der Waals surface area contributed by atoms with E-state index < -0.39 is 5.41 Å². The van der Waals surface area contributed by atoms with Gasteiger partial charge in [-0.2, -0.15) is 0 Å². The monoisotopic (exact) mass is 576 g/mol. The largest absolute Gasteiger partial charge is 0.0907 e. The van der Waals surface area contributed by atoms with Gasteiger partial charge in [-0.3, -0.25) is 0 Å². The molecule has 0 N–H and O–H groups in total. The van der Waals surface area contributed by atoms with Gasteiger partial charge in [0.2, 0.25) is 0 Å². The summed E-state index contributed by atoms with van der Waals surface area (Å²) in [5.41, 5.74) is 15.6. The van der Waals surface area contributed by atoms with Crippen LogP contribution >= 0.6 is 0 Å². The van der Waals surface area contributed by atoms with Gasteiger partial charge in [0, 0.05) is 11.8 Å². The fourth-order valence-electron chi connectivity index (χ4n) is 8.36. The van der Waals surface area contributed by atoms with Gasteiger partial charge in [0.1, 0.15) is 0 Å². The minimum atomic E-state index is -0.567. The zero-order valence-electron chi connectivity index (χ0n) is 25.8. The first-order valence-corrected chi connectivity index (χ1v) is 16.1. The molecule has 0 aromatic heterocycles. The molecule has 0 bridgehead atoms. The van der Waals surface area contributed by atoms with Gasteiger partial charge in [0.25, 0.3) is 0 Å². The van der Waals surface area contributed by atoms with Crippen LogP contribution in [0.1, 0.15) is 70.2 Å². The molecule has 2 aliphatic carbocycles. The highest BCUT2D eigenvalue weighted by atomic mass is 14.5. The summed E-state index contributed by atoms with van der Waals surface area (Å²) in [6.07, 6.45) is 9.23. The molecule has 2 unspecified atom stereocenters. The molecule has 6 aromatic rings. The number of fused-ring (bicyclic) bond motifs is 6. The molecule has 0 saturated heterocycles. The lowest BCUT2D eigenvalue weighted by atomic mass is 9.61. The predicted molar refractivity (Wildman–Crippen MR) is 189 cm³/mol. The molecule has 0 aliphatic heterocycles. The highest BCUT2D eigenvalue weighted by Crippen LogP contribution is 2.58. The Kier molecular flexibility index (Phi) is 6.72. The molecule has 45 heavy (non-hydrogen) atoms. The topological polar surface area (TPSA) is 0 Å². The maximum Gasteiger partial charge on any atom is 0.0708 e. The van der Waals surface area contributed by atoms with E-state index in [0.717, 1.165) is 0 Å². The van der Waals surface area contributed by atoms with Gasteiger partial charge in [-0.15, -0.1) is 0 Å². The molecular weight excluding hydrogens is 540 g/mol. The van der Waals surface area contributed by atoms with Crippen molar-refractivity contribution in [3.63, 3.8) is 0 Å². The predicted octanol–water partition coefficient (Wildman–Crippen LogP) is 11.4. The van der Waals surface area contributed by atoms with Crippen molar-refractivity contribution in [3.05, 3.63) is 214 Å². The van der Waals surface area contributed by atoms with Crippen LogP contribution in [-0.4, -0.2) is 0 Å². The fourth-order valence-corrected chi connectivity index (χ4v) is 8.36. The number of hydrogen-bond acceptors (Lipinski definition) is 0. The van der Waals surface area contributed by atoms with E-state index in [9.17, 15) is 0 Å². The summed E-state index contributed by atoms with van der Waals surface area (Å²) in [7, 11) is 0. The SMILES string of the molecule is CC=CC1c2ccccc2-c2cccc(C(c3ccccc3)(c3ccccc3)c3cccc4c3C(C=CC)c3ccccc3-4)c21. The molecular formula is C45H36. The normalized spacial score (nSPS) is 16.5. The molecule has 2 atom stereocenters. The molecule has 0 nitrogen and oxygen atoms in total. The Hall–Kier alpha value is -5.20. The van der Waals surface area contributed by atoms with Crippen LogP contribution in [0.3, 0.4) is 0 Å². The Bertz CT molecular complexity index is 1920. The van der Waals surface area contributed by atoms with Crippen molar-refractivity contribution in [1.82, 2.24) is 0 Å². The van der Waals surface area contributed by atoms with Crippen molar-refractivity contribution in [2.75, 3.05) is 0 Å². The highest BCUT2D eigenvalue weighted by Gasteiger charge is 2.46. The van der Waals surface area contributed by atoms with Gasteiger partial charge in [-0.25, -0.2) is 0 Å². The second kappa shape index (κ2) is 11.1. The van der Waals surface area contributed by atoms with E-state index in [0.29, 0.717) is 0 Å². The van der Waals surface area contributed by atoms with E-state index in [1.54, 1.807) is 0 Å². The Morgan fingerprint density at radius 1 is 0.400 bits per heavy atom. The summed E-state index contributed by atoms with van der Waals surface area (Å²) in [4.78, 5) is 0. The number of allylic oxidation sites excluding steroid dienone is 4. The second-order valence-electron chi connectivity index (χ2n) is 12.2.